The lowest BCUT2D eigenvalue weighted by Gasteiger charge is -2.03. The zero-order chi connectivity index (χ0) is 12.0. The maximum absolute atomic E-state index is 11.7. The highest BCUT2D eigenvalue weighted by Crippen LogP contribution is 2.14. The number of rotatable bonds is 6. The van der Waals surface area contributed by atoms with Gasteiger partial charge in [0.2, 0.25) is 0 Å². The van der Waals surface area contributed by atoms with Gasteiger partial charge in [0.05, 0.1) is 13.5 Å². The number of carbonyl (C=O) groups excluding carboxylic acids is 2. The molecule has 1 aromatic carbocycles. The van der Waals surface area contributed by atoms with Crippen LogP contribution in [0.2, 0.25) is 0 Å². The molecule has 0 aliphatic carbocycles. The fraction of sp³-hybridized carbons (Fsp3) is 0.333. The van der Waals surface area contributed by atoms with Crippen LogP contribution in [0.3, 0.4) is 0 Å². The quantitative estimate of drug-likeness (QED) is 0.540. The molecule has 0 aliphatic rings. The van der Waals surface area contributed by atoms with Gasteiger partial charge in [-0.3, -0.25) is 9.59 Å². The minimum absolute atomic E-state index is 0.0320. The molecule has 0 aliphatic heterocycles. The molecule has 0 radical (unpaired) electrons. The number of hydrogen-bond acceptors (Lipinski definition) is 4. The third-order valence-corrected chi connectivity index (χ3v) is 2.05. The Labute approximate surface area is 94.2 Å². The van der Waals surface area contributed by atoms with Gasteiger partial charge in [-0.2, -0.15) is 0 Å². The minimum Gasteiger partial charge on any atom is -0.497 e. The van der Waals surface area contributed by atoms with Crippen LogP contribution in [0.5, 0.6) is 5.75 Å². The normalized spacial score (nSPS) is 9.88. The Bertz CT molecular complexity index is 384. The number of hydrogen-bond donors (Lipinski definition) is 0. The first-order valence-corrected chi connectivity index (χ1v) is 4.85. The van der Waals surface area contributed by atoms with Gasteiger partial charge in [-0.1, -0.05) is 12.1 Å². The summed E-state index contributed by atoms with van der Waals surface area (Å²) < 4.78 is 9.65. The molecule has 4 heteroatoms. The molecule has 0 aromatic heterocycles. The Morgan fingerprint density at radius 1 is 1.25 bits per heavy atom. The van der Waals surface area contributed by atoms with E-state index in [0.29, 0.717) is 11.3 Å². The first kappa shape index (κ1) is 12.4. The van der Waals surface area contributed by atoms with Gasteiger partial charge in [-0.15, -0.1) is 0 Å². The summed E-state index contributed by atoms with van der Waals surface area (Å²) >= 11 is 0. The second kappa shape index (κ2) is 6.02. The van der Waals surface area contributed by atoms with Crippen LogP contribution in [0.25, 0.3) is 0 Å². The van der Waals surface area contributed by atoms with Crippen LogP contribution in [-0.2, 0) is 9.53 Å². The molecule has 0 bridgehead atoms. The van der Waals surface area contributed by atoms with E-state index in [-0.39, 0.29) is 24.6 Å². The Balaban J connectivity index is 2.69. The van der Waals surface area contributed by atoms with Gasteiger partial charge < -0.3 is 9.47 Å². The van der Waals surface area contributed by atoms with Gasteiger partial charge >= 0.3 is 0 Å². The van der Waals surface area contributed by atoms with Crippen molar-refractivity contribution in [1.29, 1.82) is 0 Å². The molecule has 0 saturated carbocycles. The highest BCUT2D eigenvalue weighted by Gasteiger charge is 2.11. The molecule has 0 N–H and O–H groups in total. The second-order valence-electron chi connectivity index (χ2n) is 3.30. The van der Waals surface area contributed by atoms with Crippen molar-refractivity contribution in [3.05, 3.63) is 29.8 Å². The van der Waals surface area contributed by atoms with Gasteiger partial charge in [0.25, 0.3) is 0 Å². The molecule has 0 fully saturated rings. The van der Waals surface area contributed by atoms with E-state index in [4.69, 9.17) is 4.74 Å². The molecular formula is C12H14O4. The Morgan fingerprint density at radius 3 is 2.62 bits per heavy atom. The fourth-order valence-electron chi connectivity index (χ4n) is 1.29. The van der Waals surface area contributed by atoms with Crippen LogP contribution in [0, 0.1) is 0 Å². The number of ether oxygens (including phenoxy) is 2. The first-order valence-electron chi connectivity index (χ1n) is 4.85. The summed E-state index contributed by atoms with van der Waals surface area (Å²) in [6.45, 7) is -0.0320. The molecule has 1 aromatic rings. The van der Waals surface area contributed by atoms with Crippen molar-refractivity contribution in [2.45, 2.75) is 6.42 Å². The van der Waals surface area contributed by atoms with Crippen LogP contribution < -0.4 is 4.74 Å². The molecule has 0 saturated heterocycles. The minimum atomic E-state index is -0.227. The third-order valence-electron chi connectivity index (χ3n) is 2.05. The third kappa shape index (κ3) is 3.47. The van der Waals surface area contributed by atoms with E-state index in [1.54, 1.807) is 24.3 Å². The molecule has 16 heavy (non-hydrogen) atoms. The average molecular weight is 222 g/mol. The Morgan fingerprint density at radius 2 is 2.00 bits per heavy atom. The summed E-state index contributed by atoms with van der Waals surface area (Å²) in [6.07, 6.45) is -0.138. The monoisotopic (exact) mass is 222 g/mol. The van der Waals surface area contributed by atoms with Gasteiger partial charge in [0.15, 0.2) is 11.6 Å². The zero-order valence-corrected chi connectivity index (χ0v) is 9.36. The first-order chi connectivity index (χ1) is 7.67. The van der Waals surface area contributed by atoms with Crippen molar-refractivity contribution < 1.29 is 19.1 Å². The molecule has 86 valence electrons. The summed E-state index contributed by atoms with van der Waals surface area (Å²) in [5, 5.41) is 0. The molecular weight excluding hydrogens is 208 g/mol. The van der Waals surface area contributed by atoms with E-state index in [1.807, 2.05) is 0 Å². The fourth-order valence-corrected chi connectivity index (χ4v) is 1.29. The predicted molar refractivity (Wildman–Crippen MR) is 58.8 cm³/mol. The topological polar surface area (TPSA) is 52.6 Å². The van der Waals surface area contributed by atoms with Crippen molar-refractivity contribution in [3.8, 4) is 5.75 Å². The summed E-state index contributed by atoms with van der Waals surface area (Å²) in [5.74, 6) is 0.154. The smallest absolute Gasteiger partial charge is 0.170 e. The number of methoxy groups -OCH3 is 2. The van der Waals surface area contributed by atoms with Crippen molar-refractivity contribution >= 4 is 11.6 Å². The highest BCUT2D eigenvalue weighted by atomic mass is 16.5. The van der Waals surface area contributed by atoms with E-state index < -0.39 is 0 Å². The Hall–Kier alpha value is -1.68. The van der Waals surface area contributed by atoms with Gasteiger partial charge in [0.1, 0.15) is 12.4 Å². The lowest BCUT2D eigenvalue weighted by molar-refractivity contribution is -0.121. The summed E-state index contributed by atoms with van der Waals surface area (Å²) in [5.41, 5.74) is 0.476. The SMILES string of the molecule is COCC(=O)CC(=O)c1cccc(OC)c1. The van der Waals surface area contributed by atoms with Crippen LogP contribution >= 0.6 is 0 Å². The van der Waals surface area contributed by atoms with Crippen molar-refractivity contribution in [3.63, 3.8) is 0 Å². The molecule has 0 unspecified atom stereocenters. The lowest BCUT2D eigenvalue weighted by atomic mass is 10.1. The highest BCUT2D eigenvalue weighted by molar-refractivity contribution is 6.08. The molecule has 1 rings (SSSR count). The molecule has 0 spiro atoms. The van der Waals surface area contributed by atoms with Gasteiger partial charge in [0, 0.05) is 12.7 Å². The van der Waals surface area contributed by atoms with E-state index in [2.05, 4.69) is 4.74 Å². The molecule has 0 amide bonds. The van der Waals surface area contributed by atoms with Crippen molar-refractivity contribution in [2.75, 3.05) is 20.8 Å². The van der Waals surface area contributed by atoms with Crippen LogP contribution in [0.1, 0.15) is 16.8 Å². The van der Waals surface area contributed by atoms with Crippen LogP contribution in [0.4, 0.5) is 0 Å². The van der Waals surface area contributed by atoms with Crippen molar-refractivity contribution in [1.82, 2.24) is 0 Å². The Kier molecular flexibility index (Phi) is 4.66. The van der Waals surface area contributed by atoms with Crippen molar-refractivity contribution in [2.24, 2.45) is 0 Å². The predicted octanol–water partition coefficient (Wildman–Crippen LogP) is 1.48. The molecule has 4 nitrogen and oxygen atoms in total. The van der Waals surface area contributed by atoms with E-state index in [0.717, 1.165) is 0 Å². The zero-order valence-electron chi connectivity index (χ0n) is 9.36. The largest absolute Gasteiger partial charge is 0.497 e. The average Bonchev–Trinajstić information content (AvgIpc) is 2.29. The standard InChI is InChI=1S/C12H14O4/c1-15-8-10(13)7-12(14)9-4-3-5-11(6-9)16-2/h3-6H,7-8H2,1-2H3. The number of benzene rings is 1. The molecule has 0 atom stereocenters. The number of ketones is 2. The van der Waals surface area contributed by atoms with E-state index >= 15 is 0 Å². The summed E-state index contributed by atoms with van der Waals surface area (Å²) in [6, 6.07) is 6.73. The van der Waals surface area contributed by atoms with Crippen LogP contribution in [-0.4, -0.2) is 32.4 Å². The van der Waals surface area contributed by atoms with Crippen LogP contribution in [0.15, 0.2) is 24.3 Å². The summed E-state index contributed by atoms with van der Waals surface area (Å²) in [7, 11) is 2.95. The lowest BCUT2D eigenvalue weighted by Crippen LogP contribution is -2.12. The number of carbonyl (C=O) groups is 2. The van der Waals surface area contributed by atoms with E-state index in [9.17, 15) is 9.59 Å². The second-order valence-corrected chi connectivity index (χ2v) is 3.30. The number of Topliss-reactive ketones (excluding diaryl/α,β-unsaturated/α-hetero) is 2. The maximum atomic E-state index is 11.7. The van der Waals surface area contributed by atoms with E-state index in [1.165, 1.54) is 14.2 Å². The van der Waals surface area contributed by atoms with Gasteiger partial charge in [-0.05, 0) is 12.1 Å². The van der Waals surface area contributed by atoms with Gasteiger partial charge in [-0.25, -0.2) is 0 Å². The summed E-state index contributed by atoms with van der Waals surface area (Å²) in [4.78, 5) is 22.9. The maximum Gasteiger partial charge on any atom is 0.170 e. The molecule has 0 heterocycles.